The van der Waals surface area contributed by atoms with Crippen molar-refractivity contribution in [3.8, 4) is 5.75 Å². The molecule has 0 saturated heterocycles. The van der Waals surface area contributed by atoms with Crippen LogP contribution in [0.25, 0.3) is 0 Å². The van der Waals surface area contributed by atoms with E-state index < -0.39 is 10.0 Å². The van der Waals surface area contributed by atoms with Gasteiger partial charge in [0, 0.05) is 0 Å². The normalized spacial score (nSPS) is 12.6. The molecule has 1 rings (SSSR count). The van der Waals surface area contributed by atoms with Crippen molar-refractivity contribution in [1.82, 2.24) is 0 Å². The summed E-state index contributed by atoms with van der Waals surface area (Å²) in [6.45, 7) is 0. The minimum atomic E-state index is -1.46. The quantitative estimate of drug-likeness (QED) is 0.772. The van der Waals surface area contributed by atoms with Crippen LogP contribution in [-0.4, -0.2) is 11.3 Å². The van der Waals surface area contributed by atoms with Crippen LogP contribution in [0.15, 0.2) is 27.6 Å². The minimum Gasteiger partial charge on any atom is -0.496 e. The lowest BCUT2D eigenvalue weighted by Gasteiger charge is -2.02. The summed E-state index contributed by atoms with van der Waals surface area (Å²) in [5.74, 6) is 0.695. The fraction of sp³-hybridized carbons (Fsp3) is 0.143. The SMILES string of the molecule is COc1ccc(S(=O)Cl)cc1Br. The summed E-state index contributed by atoms with van der Waals surface area (Å²) in [6, 6.07) is 5.04. The van der Waals surface area contributed by atoms with E-state index in [0.29, 0.717) is 10.6 Å². The second-order valence-corrected chi connectivity index (χ2v) is 4.63. The Hall–Kier alpha value is -0.0600. The Morgan fingerprint density at radius 1 is 1.58 bits per heavy atom. The second kappa shape index (κ2) is 4.25. The van der Waals surface area contributed by atoms with Crippen LogP contribution >= 0.6 is 26.6 Å². The van der Waals surface area contributed by atoms with Crippen LogP contribution in [-0.2, 0) is 10.0 Å². The molecule has 0 aromatic heterocycles. The lowest BCUT2D eigenvalue weighted by molar-refractivity contribution is 0.412. The van der Waals surface area contributed by atoms with Gasteiger partial charge in [-0.15, -0.1) is 0 Å². The smallest absolute Gasteiger partial charge is 0.147 e. The van der Waals surface area contributed by atoms with Gasteiger partial charge in [0.15, 0.2) is 0 Å². The zero-order valence-electron chi connectivity index (χ0n) is 6.21. The van der Waals surface area contributed by atoms with E-state index in [4.69, 9.17) is 15.4 Å². The molecule has 0 amide bonds. The molecule has 0 aliphatic rings. The Morgan fingerprint density at radius 3 is 2.67 bits per heavy atom. The molecule has 0 spiro atoms. The first-order valence-electron chi connectivity index (χ1n) is 3.06. The summed E-state index contributed by atoms with van der Waals surface area (Å²) in [7, 11) is 5.49. The first-order valence-corrected chi connectivity index (χ1v) is 5.83. The number of hydrogen-bond acceptors (Lipinski definition) is 2. The van der Waals surface area contributed by atoms with Crippen LogP contribution in [0.2, 0.25) is 0 Å². The van der Waals surface area contributed by atoms with Gasteiger partial charge in [0.1, 0.15) is 15.8 Å². The molecule has 0 N–H and O–H groups in total. The summed E-state index contributed by atoms with van der Waals surface area (Å²) < 4.78 is 16.5. The fourth-order valence-electron chi connectivity index (χ4n) is 0.747. The van der Waals surface area contributed by atoms with E-state index >= 15 is 0 Å². The topological polar surface area (TPSA) is 26.3 Å². The lowest BCUT2D eigenvalue weighted by Crippen LogP contribution is -1.86. The van der Waals surface area contributed by atoms with E-state index in [-0.39, 0.29) is 0 Å². The molecule has 0 saturated carbocycles. The van der Waals surface area contributed by atoms with Gasteiger partial charge in [-0.3, -0.25) is 0 Å². The summed E-state index contributed by atoms with van der Waals surface area (Å²) in [4.78, 5) is 0.560. The molecule has 12 heavy (non-hydrogen) atoms. The van der Waals surface area contributed by atoms with Crippen molar-refractivity contribution < 1.29 is 8.95 Å². The maximum absolute atomic E-state index is 10.8. The first kappa shape index (κ1) is 10.0. The van der Waals surface area contributed by atoms with Gasteiger partial charge in [-0.05, 0) is 44.8 Å². The highest BCUT2D eigenvalue weighted by atomic mass is 79.9. The van der Waals surface area contributed by atoms with E-state index in [9.17, 15) is 4.21 Å². The van der Waals surface area contributed by atoms with Gasteiger partial charge in [-0.2, -0.15) is 0 Å². The van der Waals surface area contributed by atoms with Crippen LogP contribution in [0.1, 0.15) is 0 Å². The van der Waals surface area contributed by atoms with E-state index in [2.05, 4.69) is 15.9 Å². The minimum absolute atomic E-state index is 0.560. The van der Waals surface area contributed by atoms with Crippen molar-refractivity contribution in [3.05, 3.63) is 22.7 Å². The van der Waals surface area contributed by atoms with Crippen molar-refractivity contribution in [2.75, 3.05) is 7.11 Å². The van der Waals surface area contributed by atoms with E-state index in [0.717, 1.165) is 4.47 Å². The predicted octanol–water partition coefficient (Wildman–Crippen LogP) is 2.72. The molecule has 1 aromatic rings. The lowest BCUT2D eigenvalue weighted by atomic mass is 10.3. The molecule has 2 nitrogen and oxygen atoms in total. The average Bonchev–Trinajstić information content (AvgIpc) is 2.04. The summed E-state index contributed by atoms with van der Waals surface area (Å²) >= 11 is 3.26. The molecule has 5 heteroatoms. The van der Waals surface area contributed by atoms with Crippen molar-refractivity contribution in [3.63, 3.8) is 0 Å². The molecule has 1 atom stereocenters. The van der Waals surface area contributed by atoms with Crippen LogP contribution in [0, 0.1) is 0 Å². The summed E-state index contributed by atoms with van der Waals surface area (Å²) in [6.07, 6.45) is 0. The summed E-state index contributed by atoms with van der Waals surface area (Å²) in [5.41, 5.74) is 0. The number of rotatable bonds is 2. The predicted molar refractivity (Wildman–Crippen MR) is 53.0 cm³/mol. The molecule has 0 heterocycles. The monoisotopic (exact) mass is 268 g/mol. The van der Waals surface area contributed by atoms with Gasteiger partial charge in [-0.1, -0.05) is 0 Å². The maximum atomic E-state index is 10.8. The van der Waals surface area contributed by atoms with E-state index in [1.165, 1.54) is 0 Å². The second-order valence-electron chi connectivity index (χ2n) is 2.02. The van der Waals surface area contributed by atoms with Crippen LogP contribution < -0.4 is 4.74 Å². The molecular weight excluding hydrogens is 263 g/mol. The largest absolute Gasteiger partial charge is 0.496 e. The Morgan fingerprint density at radius 2 is 2.25 bits per heavy atom. The van der Waals surface area contributed by atoms with E-state index in [1.807, 2.05) is 0 Å². The maximum Gasteiger partial charge on any atom is 0.147 e. The summed E-state index contributed by atoms with van der Waals surface area (Å²) in [5, 5.41) is 0. The molecule has 1 unspecified atom stereocenters. The van der Waals surface area contributed by atoms with Gasteiger partial charge in [-0.25, -0.2) is 4.21 Å². The number of methoxy groups -OCH3 is 1. The first-order chi connectivity index (χ1) is 5.65. The molecule has 66 valence electrons. The Balaban J connectivity index is 3.10. The van der Waals surface area contributed by atoms with Crippen molar-refractivity contribution >= 4 is 36.6 Å². The third-order valence-electron chi connectivity index (χ3n) is 1.31. The average molecular weight is 270 g/mol. The van der Waals surface area contributed by atoms with Gasteiger partial charge < -0.3 is 4.74 Å². The van der Waals surface area contributed by atoms with Crippen molar-refractivity contribution in [2.45, 2.75) is 4.90 Å². The Labute approximate surface area is 86.0 Å². The van der Waals surface area contributed by atoms with Crippen LogP contribution in [0.3, 0.4) is 0 Å². The zero-order chi connectivity index (χ0) is 9.14. The van der Waals surface area contributed by atoms with E-state index in [1.54, 1.807) is 25.3 Å². The third-order valence-corrected chi connectivity index (χ3v) is 3.09. The molecule has 0 radical (unpaired) electrons. The number of hydrogen-bond donors (Lipinski definition) is 0. The molecule has 0 fully saturated rings. The van der Waals surface area contributed by atoms with Crippen molar-refractivity contribution in [1.29, 1.82) is 0 Å². The van der Waals surface area contributed by atoms with Gasteiger partial charge in [0.2, 0.25) is 0 Å². The molecular formula is C7H6BrClO2S. The third kappa shape index (κ3) is 2.21. The number of halogens is 2. The number of benzene rings is 1. The van der Waals surface area contributed by atoms with Gasteiger partial charge in [0.25, 0.3) is 0 Å². The van der Waals surface area contributed by atoms with Crippen LogP contribution in [0.4, 0.5) is 0 Å². The molecule has 0 bridgehead atoms. The highest BCUT2D eigenvalue weighted by Gasteiger charge is 2.04. The van der Waals surface area contributed by atoms with Gasteiger partial charge in [0.05, 0.1) is 16.5 Å². The Bertz CT molecular complexity index is 316. The van der Waals surface area contributed by atoms with Gasteiger partial charge >= 0.3 is 0 Å². The van der Waals surface area contributed by atoms with Crippen molar-refractivity contribution in [2.24, 2.45) is 0 Å². The standard InChI is InChI=1S/C7H6BrClO2S/c1-11-7-3-2-5(12(9)10)4-6(7)8/h2-4H,1H3. The van der Waals surface area contributed by atoms with Crippen LogP contribution in [0.5, 0.6) is 5.75 Å². The highest BCUT2D eigenvalue weighted by molar-refractivity contribution is 9.10. The highest BCUT2D eigenvalue weighted by Crippen LogP contribution is 2.27. The Kier molecular flexibility index (Phi) is 3.55. The molecule has 0 aliphatic heterocycles. The molecule has 1 aromatic carbocycles. The molecule has 0 aliphatic carbocycles. The zero-order valence-corrected chi connectivity index (χ0v) is 9.37. The fourth-order valence-corrected chi connectivity index (χ4v) is 2.11. The number of ether oxygens (including phenoxy) is 1.